The second-order valence-electron chi connectivity index (χ2n) is 13.4. The van der Waals surface area contributed by atoms with E-state index in [0.29, 0.717) is 0 Å². The van der Waals surface area contributed by atoms with Gasteiger partial charge in [-0.3, -0.25) is 0 Å². The Kier molecular flexibility index (Phi) is 7.37. The van der Waals surface area contributed by atoms with Crippen LogP contribution in [-0.4, -0.2) is 0 Å². The molecule has 0 nitrogen and oxygen atoms in total. The van der Waals surface area contributed by atoms with Gasteiger partial charge in [0.15, 0.2) is 0 Å². The quantitative estimate of drug-likeness (QED) is 0.170. The molecule has 50 heavy (non-hydrogen) atoms. The average molecular weight is 637 g/mol. The molecule has 0 aromatic heterocycles. The fourth-order valence-electron chi connectivity index (χ4n) is 7.93. The van der Waals surface area contributed by atoms with E-state index in [2.05, 4.69) is 207 Å². The maximum absolute atomic E-state index is 2.45. The lowest BCUT2D eigenvalue weighted by Gasteiger charge is -2.34. The van der Waals surface area contributed by atoms with Gasteiger partial charge in [0, 0.05) is 0 Å². The summed E-state index contributed by atoms with van der Waals surface area (Å²) in [5.41, 5.74) is 18.4. The fraction of sp³-hybridized carbons (Fsp3) is 0.0400. The molecule has 0 radical (unpaired) electrons. The first kappa shape index (κ1) is 29.9. The van der Waals surface area contributed by atoms with Gasteiger partial charge >= 0.3 is 0 Å². The summed E-state index contributed by atoms with van der Waals surface area (Å²) in [5, 5.41) is 0. The van der Waals surface area contributed by atoms with Gasteiger partial charge < -0.3 is 0 Å². The van der Waals surface area contributed by atoms with Crippen molar-refractivity contribution < 1.29 is 0 Å². The van der Waals surface area contributed by atoms with Crippen LogP contribution >= 0.6 is 0 Å². The number of hydrogen-bond acceptors (Lipinski definition) is 0. The minimum Gasteiger partial charge on any atom is -0.0622 e. The van der Waals surface area contributed by atoms with Crippen LogP contribution in [0.15, 0.2) is 200 Å². The lowest BCUT2D eigenvalue weighted by atomic mass is 9.67. The molecule has 0 heterocycles. The van der Waals surface area contributed by atoms with E-state index in [1.165, 1.54) is 83.5 Å². The molecule has 8 aromatic carbocycles. The first-order valence-electron chi connectivity index (χ1n) is 17.4. The summed E-state index contributed by atoms with van der Waals surface area (Å²) in [5.74, 6) is 0. The van der Waals surface area contributed by atoms with Gasteiger partial charge in [0.25, 0.3) is 0 Å². The van der Waals surface area contributed by atoms with E-state index in [-0.39, 0.29) is 0 Å². The minimum atomic E-state index is -0.487. The third kappa shape index (κ3) is 5.00. The van der Waals surface area contributed by atoms with Crippen molar-refractivity contribution in [2.75, 3.05) is 0 Å². The van der Waals surface area contributed by atoms with Gasteiger partial charge in [-0.05, 0) is 96.9 Å². The highest BCUT2D eigenvalue weighted by molar-refractivity contribution is 5.90. The summed E-state index contributed by atoms with van der Waals surface area (Å²) in [4.78, 5) is 0. The molecule has 0 atom stereocenters. The molecule has 1 aliphatic rings. The zero-order valence-corrected chi connectivity index (χ0v) is 28.1. The largest absolute Gasteiger partial charge is 0.0714 e. The number of benzene rings is 8. The monoisotopic (exact) mass is 636 g/mol. The van der Waals surface area contributed by atoms with E-state index in [1.54, 1.807) is 0 Å². The molecule has 236 valence electrons. The van der Waals surface area contributed by atoms with Crippen molar-refractivity contribution >= 4 is 0 Å². The maximum atomic E-state index is 2.45. The number of rotatable bonds is 6. The molecule has 0 N–H and O–H groups in total. The van der Waals surface area contributed by atoms with Crippen molar-refractivity contribution in [3.05, 3.63) is 228 Å². The zero-order valence-electron chi connectivity index (χ0n) is 28.1. The van der Waals surface area contributed by atoms with E-state index in [4.69, 9.17) is 0 Å². The number of aryl methyl sites for hydroxylation is 1. The average Bonchev–Trinajstić information content (AvgIpc) is 3.49. The Labute approximate surface area is 295 Å². The second-order valence-corrected chi connectivity index (χ2v) is 13.4. The van der Waals surface area contributed by atoms with Crippen LogP contribution in [0.25, 0.3) is 55.6 Å². The lowest BCUT2D eigenvalue weighted by molar-refractivity contribution is 0.768. The van der Waals surface area contributed by atoms with Gasteiger partial charge in [-0.15, -0.1) is 0 Å². The Morgan fingerprint density at radius 2 is 0.600 bits per heavy atom. The summed E-state index contributed by atoms with van der Waals surface area (Å²) in [6.45, 7) is 2.17. The molecule has 0 amide bonds. The van der Waals surface area contributed by atoms with Crippen LogP contribution in [0.2, 0.25) is 0 Å². The molecule has 1 aliphatic carbocycles. The predicted octanol–water partition coefficient (Wildman–Crippen LogP) is 13.0. The molecule has 0 saturated carbocycles. The molecule has 0 aliphatic heterocycles. The highest BCUT2D eigenvalue weighted by Crippen LogP contribution is 2.57. The highest BCUT2D eigenvalue weighted by Gasteiger charge is 2.46. The van der Waals surface area contributed by atoms with E-state index < -0.39 is 5.41 Å². The van der Waals surface area contributed by atoms with Crippen molar-refractivity contribution in [3.8, 4) is 55.6 Å². The lowest BCUT2D eigenvalue weighted by Crippen LogP contribution is -2.28. The van der Waals surface area contributed by atoms with E-state index in [9.17, 15) is 0 Å². The molecule has 9 rings (SSSR count). The first-order valence-corrected chi connectivity index (χ1v) is 17.4. The molecule has 0 spiro atoms. The van der Waals surface area contributed by atoms with Gasteiger partial charge in [-0.25, -0.2) is 0 Å². The van der Waals surface area contributed by atoms with Gasteiger partial charge in [0.1, 0.15) is 0 Å². The van der Waals surface area contributed by atoms with Gasteiger partial charge in [0.05, 0.1) is 5.41 Å². The standard InChI is InChI=1S/C50H36/c1-35-17-29-45(30-18-35)50(44-15-9-4-10-16-44)48-33-42(40-23-19-38(20-24-40)36-11-5-2-6-12-36)27-31-46(48)47-32-28-43(34-49(47)50)41-25-21-39(22-26-41)37-13-7-3-8-14-37/h2-34H,1H3. The third-order valence-electron chi connectivity index (χ3n) is 10.5. The summed E-state index contributed by atoms with van der Waals surface area (Å²) in [6, 6.07) is 73.7. The van der Waals surface area contributed by atoms with Crippen molar-refractivity contribution in [2.24, 2.45) is 0 Å². The summed E-state index contributed by atoms with van der Waals surface area (Å²) < 4.78 is 0. The summed E-state index contributed by atoms with van der Waals surface area (Å²) in [6.07, 6.45) is 0. The Hall–Kier alpha value is -6.24. The van der Waals surface area contributed by atoms with Crippen LogP contribution < -0.4 is 0 Å². The Balaban J connectivity index is 1.23. The highest BCUT2D eigenvalue weighted by atomic mass is 14.5. The Morgan fingerprint density at radius 3 is 1.02 bits per heavy atom. The summed E-state index contributed by atoms with van der Waals surface area (Å²) >= 11 is 0. The number of hydrogen-bond donors (Lipinski definition) is 0. The fourth-order valence-corrected chi connectivity index (χ4v) is 7.93. The van der Waals surface area contributed by atoms with Crippen molar-refractivity contribution in [2.45, 2.75) is 12.3 Å². The van der Waals surface area contributed by atoms with Crippen molar-refractivity contribution in [1.82, 2.24) is 0 Å². The smallest absolute Gasteiger partial charge is 0.0622 e. The summed E-state index contributed by atoms with van der Waals surface area (Å²) in [7, 11) is 0. The third-order valence-corrected chi connectivity index (χ3v) is 10.5. The molecule has 0 bridgehead atoms. The van der Waals surface area contributed by atoms with E-state index in [1.807, 2.05) is 0 Å². The van der Waals surface area contributed by atoms with Crippen LogP contribution in [0, 0.1) is 6.92 Å². The zero-order chi connectivity index (χ0) is 33.5. The Morgan fingerprint density at radius 1 is 0.280 bits per heavy atom. The van der Waals surface area contributed by atoms with Crippen LogP contribution in [0.1, 0.15) is 27.8 Å². The predicted molar refractivity (Wildman–Crippen MR) is 210 cm³/mol. The SMILES string of the molecule is Cc1ccc(C2(c3ccccc3)c3cc(-c4ccc(-c5ccccc5)cc4)ccc3-c3ccc(-c4ccc(-c5ccccc5)cc4)cc32)cc1. The van der Waals surface area contributed by atoms with Crippen molar-refractivity contribution in [1.29, 1.82) is 0 Å². The molecule has 8 aromatic rings. The maximum Gasteiger partial charge on any atom is 0.0714 e. The van der Waals surface area contributed by atoms with Gasteiger partial charge in [0.2, 0.25) is 0 Å². The first-order chi connectivity index (χ1) is 24.7. The molecule has 0 heteroatoms. The minimum absolute atomic E-state index is 0.487. The molecular weight excluding hydrogens is 601 g/mol. The van der Waals surface area contributed by atoms with Crippen LogP contribution in [0.3, 0.4) is 0 Å². The van der Waals surface area contributed by atoms with Crippen LogP contribution in [0.4, 0.5) is 0 Å². The van der Waals surface area contributed by atoms with Crippen molar-refractivity contribution in [3.63, 3.8) is 0 Å². The Bertz CT molecular complexity index is 2290. The normalized spacial score (nSPS) is 12.7. The topological polar surface area (TPSA) is 0 Å². The van der Waals surface area contributed by atoms with Crippen LogP contribution in [0.5, 0.6) is 0 Å². The van der Waals surface area contributed by atoms with Crippen LogP contribution in [-0.2, 0) is 5.41 Å². The second kappa shape index (κ2) is 12.3. The van der Waals surface area contributed by atoms with E-state index >= 15 is 0 Å². The van der Waals surface area contributed by atoms with Gasteiger partial charge in [-0.1, -0.05) is 194 Å². The molecule has 0 fully saturated rings. The molecular formula is C50H36. The van der Waals surface area contributed by atoms with E-state index in [0.717, 1.165) is 0 Å². The van der Waals surface area contributed by atoms with Gasteiger partial charge in [-0.2, -0.15) is 0 Å². The number of fused-ring (bicyclic) bond motifs is 3. The molecule has 0 unspecified atom stereocenters. The molecule has 0 saturated heterocycles.